The van der Waals surface area contributed by atoms with E-state index in [2.05, 4.69) is 10.1 Å². The summed E-state index contributed by atoms with van der Waals surface area (Å²) in [4.78, 5) is 18.5. The van der Waals surface area contributed by atoms with Crippen LogP contribution in [0.4, 0.5) is 5.69 Å². The quantitative estimate of drug-likeness (QED) is 0.624. The SMILES string of the molecule is CCC(=O)N1CCc2cc(S(=O)(=O)N3CCC[C@@H]3c3ccnc4cc(C)nn34)ccc21. The van der Waals surface area contributed by atoms with E-state index in [0.29, 0.717) is 25.9 Å². The van der Waals surface area contributed by atoms with Gasteiger partial charge in [0.15, 0.2) is 5.65 Å². The molecule has 0 spiro atoms. The van der Waals surface area contributed by atoms with Gasteiger partial charge in [0.2, 0.25) is 15.9 Å². The Morgan fingerprint density at radius 3 is 2.84 bits per heavy atom. The topological polar surface area (TPSA) is 87.9 Å². The van der Waals surface area contributed by atoms with Crippen LogP contribution in [0.5, 0.6) is 0 Å². The molecule has 0 N–H and O–H groups in total. The lowest BCUT2D eigenvalue weighted by atomic mass is 10.1. The maximum absolute atomic E-state index is 13.6. The third kappa shape index (κ3) is 3.23. The summed E-state index contributed by atoms with van der Waals surface area (Å²) in [6, 6.07) is 8.60. The van der Waals surface area contributed by atoms with Crippen molar-refractivity contribution < 1.29 is 13.2 Å². The van der Waals surface area contributed by atoms with Gasteiger partial charge in [-0.05, 0) is 56.0 Å². The molecule has 4 heterocycles. The Morgan fingerprint density at radius 1 is 1.19 bits per heavy atom. The lowest BCUT2D eigenvalue weighted by molar-refractivity contribution is -0.118. The van der Waals surface area contributed by atoms with Crippen molar-refractivity contribution in [3.8, 4) is 0 Å². The molecule has 1 aromatic carbocycles. The van der Waals surface area contributed by atoms with E-state index < -0.39 is 10.0 Å². The standard InChI is InChI=1S/C22H25N5O3S/c1-3-22(28)25-12-9-16-14-17(6-7-18(16)25)31(29,30)26-11-4-5-19(26)20-8-10-23-21-13-15(2)24-27(20)21/h6-8,10,13-14,19H,3-5,9,11-12H2,1-2H3/t19-/m1/s1. The highest BCUT2D eigenvalue weighted by Gasteiger charge is 2.38. The normalized spacial score (nSPS) is 19.3. The Hall–Kier alpha value is -2.78. The second-order valence-electron chi connectivity index (χ2n) is 8.14. The molecule has 1 fully saturated rings. The number of hydrogen-bond donors (Lipinski definition) is 0. The number of aryl methyl sites for hydroxylation is 1. The molecule has 31 heavy (non-hydrogen) atoms. The van der Waals surface area contributed by atoms with Gasteiger partial charge >= 0.3 is 0 Å². The average Bonchev–Trinajstić information content (AvgIpc) is 3.49. The fourth-order valence-corrected chi connectivity index (χ4v) is 6.45. The second-order valence-corrected chi connectivity index (χ2v) is 10.0. The summed E-state index contributed by atoms with van der Waals surface area (Å²) >= 11 is 0. The Bertz CT molecular complexity index is 1280. The highest BCUT2D eigenvalue weighted by atomic mass is 32.2. The first-order chi connectivity index (χ1) is 14.9. The van der Waals surface area contributed by atoms with Crippen LogP contribution in [0.25, 0.3) is 5.65 Å². The third-order valence-electron chi connectivity index (χ3n) is 6.21. The van der Waals surface area contributed by atoms with Crippen molar-refractivity contribution in [2.45, 2.75) is 50.5 Å². The lowest BCUT2D eigenvalue weighted by Crippen LogP contribution is -2.32. The number of rotatable bonds is 4. The molecule has 162 valence electrons. The first kappa shape index (κ1) is 20.1. The molecule has 8 nitrogen and oxygen atoms in total. The minimum absolute atomic E-state index is 0.0604. The molecule has 1 amide bonds. The molecule has 0 aliphatic carbocycles. The zero-order valence-corrected chi connectivity index (χ0v) is 18.5. The fourth-order valence-electron chi connectivity index (χ4n) is 4.73. The Morgan fingerprint density at radius 2 is 2.03 bits per heavy atom. The summed E-state index contributed by atoms with van der Waals surface area (Å²) in [6.07, 6.45) is 4.34. The van der Waals surface area contributed by atoms with Gasteiger partial charge in [-0.3, -0.25) is 4.79 Å². The van der Waals surface area contributed by atoms with Crippen LogP contribution in [0.1, 0.15) is 49.2 Å². The van der Waals surface area contributed by atoms with Crippen LogP contribution < -0.4 is 4.90 Å². The van der Waals surface area contributed by atoms with Crippen LogP contribution in [-0.2, 0) is 21.2 Å². The van der Waals surface area contributed by atoms with Crippen molar-refractivity contribution >= 4 is 27.3 Å². The maximum Gasteiger partial charge on any atom is 0.243 e. The molecular weight excluding hydrogens is 414 g/mol. The molecular formula is C22H25N5O3S. The van der Waals surface area contributed by atoms with Crippen LogP contribution in [0.3, 0.4) is 0 Å². The number of anilines is 1. The predicted octanol–water partition coefficient (Wildman–Crippen LogP) is 2.86. The van der Waals surface area contributed by atoms with Crippen LogP contribution >= 0.6 is 0 Å². The highest BCUT2D eigenvalue weighted by Crippen LogP contribution is 2.38. The number of fused-ring (bicyclic) bond motifs is 2. The van der Waals surface area contributed by atoms with E-state index in [1.165, 1.54) is 0 Å². The molecule has 0 unspecified atom stereocenters. The molecule has 5 rings (SSSR count). The number of nitrogens with zero attached hydrogens (tertiary/aromatic N) is 5. The molecule has 0 saturated carbocycles. The van der Waals surface area contributed by atoms with E-state index in [9.17, 15) is 13.2 Å². The molecule has 1 saturated heterocycles. The zero-order chi connectivity index (χ0) is 21.8. The molecule has 2 aliphatic rings. The van der Waals surface area contributed by atoms with Crippen molar-refractivity contribution in [3.05, 3.63) is 53.5 Å². The zero-order valence-electron chi connectivity index (χ0n) is 17.7. The van der Waals surface area contributed by atoms with Crippen molar-refractivity contribution in [1.29, 1.82) is 0 Å². The fraction of sp³-hybridized carbons (Fsp3) is 0.409. The van der Waals surface area contributed by atoms with Gasteiger partial charge in [-0.15, -0.1) is 0 Å². The van der Waals surface area contributed by atoms with Crippen LogP contribution in [0, 0.1) is 6.92 Å². The largest absolute Gasteiger partial charge is 0.312 e. The van der Waals surface area contributed by atoms with Crippen molar-refractivity contribution in [1.82, 2.24) is 18.9 Å². The summed E-state index contributed by atoms with van der Waals surface area (Å²) in [5.41, 5.74) is 4.13. The summed E-state index contributed by atoms with van der Waals surface area (Å²) in [5.74, 6) is 0.0604. The third-order valence-corrected chi connectivity index (χ3v) is 8.12. The van der Waals surface area contributed by atoms with Crippen molar-refractivity contribution in [2.75, 3.05) is 18.0 Å². The summed E-state index contributed by atoms with van der Waals surface area (Å²) in [6.45, 7) is 4.81. The molecule has 2 aliphatic heterocycles. The number of sulfonamides is 1. The molecule has 0 radical (unpaired) electrons. The second kappa shape index (κ2) is 7.42. The van der Waals surface area contributed by atoms with Crippen LogP contribution in [0.2, 0.25) is 0 Å². The molecule has 3 aromatic rings. The lowest BCUT2D eigenvalue weighted by Gasteiger charge is -2.25. The number of amides is 1. The van der Waals surface area contributed by atoms with Gasteiger partial charge in [-0.25, -0.2) is 17.9 Å². The number of carbonyl (C=O) groups excluding carboxylic acids is 1. The van der Waals surface area contributed by atoms with Crippen molar-refractivity contribution in [2.24, 2.45) is 0 Å². The van der Waals surface area contributed by atoms with Gasteiger partial charge in [-0.2, -0.15) is 9.40 Å². The first-order valence-electron chi connectivity index (χ1n) is 10.7. The minimum atomic E-state index is -3.69. The average molecular weight is 440 g/mol. The van der Waals surface area contributed by atoms with E-state index in [4.69, 9.17) is 0 Å². The summed E-state index contributed by atoms with van der Waals surface area (Å²) in [7, 11) is -3.69. The van der Waals surface area contributed by atoms with E-state index in [1.807, 2.05) is 26.0 Å². The maximum atomic E-state index is 13.6. The Balaban J connectivity index is 1.51. The Kier molecular flexibility index (Phi) is 4.82. The minimum Gasteiger partial charge on any atom is -0.312 e. The van der Waals surface area contributed by atoms with Crippen LogP contribution in [0.15, 0.2) is 41.4 Å². The van der Waals surface area contributed by atoms with E-state index >= 15 is 0 Å². The van der Waals surface area contributed by atoms with E-state index in [0.717, 1.165) is 41.1 Å². The first-order valence-corrected chi connectivity index (χ1v) is 12.1. The molecule has 0 bridgehead atoms. The number of benzene rings is 1. The number of hydrogen-bond acceptors (Lipinski definition) is 5. The highest BCUT2D eigenvalue weighted by molar-refractivity contribution is 7.89. The number of carbonyl (C=O) groups is 1. The van der Waals surface area contributed by atoms with Gasteiger partial charge < -0.3 is 4.90 Å². The van der Waals surface area contributed by atoms with Crippen molar-refractivity contribution in [3.63, 3.8) is 0 Å². The predicted molar refractivity (Wildman–Crippen MR) is 116 cm³/mol. The number of aromatic nitrogens is 3. The van der Waals surface area contributed by atoms with Gasteiger partial charge in [0.25, 0.3) is 0 Å². The Labute approximate surface area is 181 Å². The summed E-state index contributed by atoms with van der Waals surface area (Å²) in [5, 5.41) is 4.52. The van der Waals surface area contributed by atoms with E-state index in [1.54, 1.807) is 38.1 Å². The van der Waals surface area contributed by atoms with Gasteiger partial charge in [-0.1, -0.05) is 6.92 Å². The van der Waals surface area contributed by atoms with Gasteiger partial charge in [0, 0.05) is 37.5 Å². The molecule has 1 atom stereocenters. The van der Waals surface area contributed by atoms with Gasteiger partial charge in [0.1, 0.15) is 0 Å². The summed E-state index contributed by atoms with van der Waals surface area (Å²) < 4.78 is 30.6. The van der Waals surface area contributed by atoms with Gasteiger partial charge in [0.05, 0.1) is 22.3 Å². The van der Waals surface area contributed by atoms with Crippen LogP contribution in [-0.4, -0.2) is 46.3 Å². The monoisotopic (exact) mass is 439 g/mol. The van der Waals surface area contributed by atoms with E-state index in [-0.39, 0.29) is 16.8 Å². The smallest absolute Gasteiger partial charge is 0.243 e. The molecule has 9 heteroatoms. The molecule has 2 aromatic heterocycles.